The second-order valence-electron chi connectivity index (χ2n) is 8.65. The summed E-state index contributed by atoms with van der Waals surface area (Å²) < 4.78 is 1.88. The first-order chi connectivity index (χ1) is 15.4. The average Bonchev–Trinajstić information content (AvgIpc) is 3.24. The topological polar surface area (TPSA) is 63.9 Å². The summed E-state index contributed by atoms with van der Waals surface area (Å²) in [6.45, 7) is 8.30. The maximum Gasteiger partial charge on any atom is 0.255 e. The van der Waals surface area contributed by atoms with E-state index in [2.05, 4.69) is 37.8 Å². The highest BCUT2D eigenvalue weighted by molar-refractivity contribution is 6.05. The zero-order valence-electron chi connectivity index (χ0n) is 19.2. The Bertz CT molecular complexity index is 1180. The molecule has 1 atom stereocenters. The van der Waals surface area contributed by atoms with Crippen LogP contribution in [0, 0.1) is 0 Å². The standard InChI is InChI=1S/C26H29N5O/c1-17(2)23-15-20(21-16-28-31(18(3)4)25(21)29-23)26(32)30(5)24(19-11-7-6-8-12-19)22-13-9-10-14-27-22/h6-18,24H,1-5H3/t24-/m1/s1. The van der Waals surface area contributed by atoms with Gasteiger partial charge in [0, 0.05) is 25.0 Å². The molecule has 0 bridgehead atoms. The predicted molar refractivity (Wildman–Crippen MR) is 127 cm³/mol. The summed E-state index contributed by atoms with van der Waals surface area (Å²) in [5, 5.41) is 5.30. The molecule has 3 aromatic heterocycles. The monoisotopic (exact) mass is 427 g/mol. The molecule has 0 saturated heterocycles. The van der Waals surface area contributed by atoms with Crippen molar-refractivity contribution in [2.75, 3.05) is 7.05 Å². The second-order valence-corrected chi connectivity index (χ2v) is 8.65. The summed E-state index contributed by atoms with van der Waals surface area (Å²) in [5.41, 5.74) is 4.07. The van der Waals surface area contributed by atoms with Crippen molar-refractivity contribution in [1.82, 2.24) is 24.6 Å². The Kier molecular flexibility index (Phi) is 6.04. The molecule has 1 aromatic carbocycles. The predicted octanol–water partition coefficient (Wildman–Crippen LogP) is 5.39. The van der Waals surface area contributed by atoms with Crippen LogP contribution in [0.25, 0.3) is 11.0 Å². The quantitative estimate of drug-likeness (QED) is 0.414. The fraction of sp³-hybridized carbons (Fsp3) is 0.308. The Morgan fingerprint density at radius 2 is 1.69 bits per heavy atom. The highest BCUT2D eigenvalue weighted by Gasteiger charge is 2.28. The van der Waals surface area contributed by atoms with E-state index >= 15 is 0 Å². The maximum atomic E-state index is 13.9. The number of carbonyl (C=O) groups is 1. The molecule has 3 heterocycles. The molecule has 4 rings (SSSR count). The van der Waals surface area contributed by atoms with Crippen molar-refractivity contribution < 1.29 is 4.79 Å². The lowest BCUT2D eigenvalue weighted by molar-refractivity contribution is 0.0754. The van der Waals surface area contributed by atoms with Gasteiger partial charge in [0.05, 0.1) is 28.9 Å². The molecule has 0 spiro atoms. The zero-order chi connectivity index (χ0) is 22.8. The summed E-state index contributed by atoms with van der Waals surface area (Å²) in [6.07, 6.45) is 3.52. The third-order valence-electron chi connectivity index (χ3n) is 5.69. The molecule has 0 unspecified atom stereocenters. The van der Waals surface area contributed by atoms with Crippen LogP contribution in [-0.4, -0.2) is 37.6 Å². The zero-order valence-corrected chi connectivity index (χ0v) is 19.2. The number of hydrogen-bond donors (Lipinski definition) is 0. The van der Waals surface area contributed by atoms with E-state index in [1.807, 2.05) is 66.3 Å². The fourth-order valence-corrected chi connectivity index (χ4v) is 3.96. The third-order valence-corrected chi connectivity index (χ3v) is 5.69. The van der Waals surface area contributed by atoms with Crippen LogP contribution in [0.4, 0.5) is 0 Å². The third kappa shape index (κ3) is 4.00. The molecule has 6 heteroatoms. The van der Waals surface area contributed by atoms with Crippen LogP contribution in [0.5, 0.6) is 0 Å². The number of nitrogens with zero attached hydrogens (tertiary/aromatic N) is 5. The molecular formula is C26H29N5O. The van der Waals surface area contributed by atoms with Crippen molar-refractivity contribution in [3.8, 4) is 0 Å². The number of aromatic nitrogens is 4. The molecule has 1 amide bonds. The molecule has 0 aliphatic carbocycles. The number of amides is 1. The largest absolute Gasteiger partial charge is 0.329 e. The highest BCUT2D eigenvalue weighted by atomic mass is 16.2. The number of hydrogen-bond acceptors (Lipinski definition) is 4. The van der Waals surface area contributed by atoms with Crippen molar-refractivity contribution in [1.29, 1.82) is 0 Å². The van der Waals surface area contributed by atoms with E-state index in [1.54, 1.807) is 17.3 Å². The first kappa shape index (κ1) is 21.7. The Labute approximate surface area is 188 Å². The van der Waals surface area contributed by atoms with Crippen LogP contribution >= 0.6 is 0 Å². The van der Waals surface area contributed by atoms with Crippen LogP contribution in [0.2, 0.25) is 0 Å². The summed E-state index contributed by atoms with van der Waals surface area (Å²) >= 11 is 0. The van der Waals surface area contributed by atoms with Crippen LogP contribution in [-0.2, 0) is 0 Å². The molecule has 0 radical (unpaired) electrons. The lowest BCUT2D eigenvalue weighted by Gasteiger charge is -2.29. The van der Waals surface area contributed by atoms with Crippen LogP contribution in [0.1, 0.15) is 73.0 Å². The van der Waals surface area contributed by atoms with E-state index in [0.717, 1.165) is 28.0 Å². The minimum atomic E-state index is -0.309. The number of pyridine rings is 2. The van der Waals surface area contributed by atoms with E-state index in [0.29, 0.717) is 5.56 Å². The van der Waals surface area contributed by atoms with E-state index < -0.39 is 0 Å². The number of carbonyl (C=O) groups excluding carboxylic acids is 1. The van der Waals surface area contributed by atoms with Gasteiger partial charge in [0.1, 0.15) is 0 Å². The van der Waals surface area contributed by atoms with Gasteiger partial charge < -0.3 is 4.90 Å². The molecule has 32 heavy (non-hydrogen) atoms. The van der Waals surface area contributed by atoms with Crippen molar-refractivity contribution in [3.63, 3.8) is 0 Å². The van der Waals surface area contributed by atoms with E-state index in [1.165, 1.54) is 0 Å². The average molecular weight is 428 g/mol. The van der Waals surface area contributed by atoms with E-state index in [9.17, 15) is 4.79 Å². The number of rotatable bonds is 6. The van der Waals surface area contributed by atoms with Gasteiger partial charge in [-0.05, 0) is 43.5 Å². The van der Waals surface area contributed by atoms with Gasteiger partial charge in [-0.15, -0.1) is 0 Å². The molecule has 6 nitrogen and oxygen atoms in total. The fourth-order valence-electron chi connectivity index (χ4n) is 3.96. The first-order valence-corrected chi connectivity index (χ1v) is 11.0. The summed E-state index contributed by atoms with van der Waals surface area (Å²) in [6, 6.07) is 17.5. The van der Waals surface area contributed by atoms with Gasteiger partial charge in [-0.3, -0.25) is 9.78 Å². The Morgan fingerprint density at radius 3 is 2.31 bits per heavy atom. The molecule has 0 aliphatic heterocycles. The molecule has 0 saturated carbocycles. The van der Waals surface area contributed by atoms with Gasteiger partial charge >= 0.3 is 0 Å². The first-order valence-electron chi connectivity index (χ1n) is 11.0. The van der Waals surface area contributed by atoms with Crippen molar-refractivity contribution in [2.24, 2.45) is 0 Å². The number of benzene rings is 1. The molecule has 164 valence electrons. The van der Waals surface area contributed by atoms with Gasteiger partial charge in [0.15, 0.2) is 5.65 Å². The summed E-state index contributed by atoms with van der Waals surface area (Å²) in [5.74, 6) is 0.106. The van der Waals surface area contributed by atoms with E-state index in [4.69, 9.17) is 4.98 Å². The Morgan fingerprint density at radius 1 is 0.969 bits per heavy atom. The van der Waals surface area contributed by atoms with Gasteiger partial charge in [-0.1, -0.05) is 50.2 Å². The highest BCUT2D eigenvalue weighted by Crippen LogP contribution is 2.30. The van der Waals surface area contributed by atoms with Gasteiger partial charge in [-0.25, -0.2) is 9.67 Å². The van der Waals surface area contributed by atoms with E-state index in [-0.39, 0.29) is 23.9 Å². The van der Waals surface area contributed by atoms with Crippen LogP contribution < -0.4 is 0 Å². The molecule has 0 aliphatic rings. The second kappa shape index (κ2) is 8.91. The van der Waals surface area contributed by atoms with Crippen molar-refractivity contribution in [3.05, 3.63) is 89.5 Å². The maximum absolute atomic E-state index is 13.9. The molecule has 4 aromatic rings. The van der Waals surface area contributed by atoms with Crippen molar-refractivity contribution >= 4 is 16.9 Å². The lowest BCUT2D eigenvalue weighted by atomic mass is 9.99. The number of fused-ring (bicyclic) bond motifs is 1. The molecular weight excluding hydrogens is 398 g/mol. The summed E-state index contributed by atoms with van der Waals surface area (Å²) in [4.78, 5) is 25.1. The Hall–Kier alpha value is -3.54. The van der Waals surface area contributed by atoms with Gasteiger partial charge in [0.25, 0.3) is 5.91 Å². The minimum Gasteiger partial charge on any atom is -0.329 e. The normalized spacial score (nSPS) is 12.5. The summed E-state index contributed by atoms with van der Waals surface area (Å²) in [7, 11) is 1.84. The SMILES string of the molecule is CC(C)c1cc(C(=O)N(C)[C@H](c2ccccc2)c2ccccn2)c2cnn(C(C)C)c2n1. The van der Waals surface area contributed by atoms with Gasteiger partial charge in [-0.2, -0.15) is 5.10 Å². The lowest BCUT2D eigenvalue weighted by Crippen LogP contribution is -2.32. The van der Waals surface area contributed by atoms with Crippen molar-refractivity contribution in [2.45, 2.75) is 45.7 Å². The Balaban J connectivity index is 1.85. The smallest absolute Gasteiger partial charge is 0.255 e. The van der Waals surface area contributed by atoms with Gasteiger partial charge in [0.2, 0.25) is 0 Å². The van der Waals surface area contributed by atoms with Crippen LogP contribution in [0.15, 0.2) is 67.0 Å². The minimum absolute atomic E-state index is 0.0814. The molecule has 0 fully saturated rings. The molecule has 0 N–H and O–H groups in total. The van der Waals surface area contributed by atoms with Crippen LogP contribution in [0.3, 0.4) is 0 Å².